The topological polar surface area (TPSA) is 108 Å². The summed E-state index contributed by atoms with van der Waals surface area (Å²) in [4.78, 5) is 34.5. The van der Waals surface area contributed by atoms with Gasteiger partial charge in [0.25, 0.3) is 0 Å². The molecule has 0 amide bonds. The third-order valence-electron chi connectivity index (χ3n) is 7.21. The van der Waals surface area contributed by atoms with E-state index in [-0.39, 0.29) is 32.0 Å². The maximum Gasteiger partial charge on any atom is 0.472 e. The quantitative estimate of drug-likeness (QED) is 0.0330. The van der Waals surface area contributed by atoms with Crippen LogP contribution in [0.2, 0.25) is 0 Å². The van der Waals surface area contributed by atoms with Crippen LogP contribution < -0.4 is 0 Å². The molecule has 0 aliphatic heterocycles. The fraction of sp³-hybridized carbons (Fsp3) is 0.778. The van der Waals surface area contributed by atoms with E-state index in [9.17, 15) is 19.0 Å². The van der Waals surface area contributed by atoms with Crippen molar-refractivity contribution in [3.05, 3.63) is 36.5 Å². The maximum absolute atomic E-state index is 12.4. The van der Waals surface area contributed by atoms with Gasteiger partial charge in [0.1, 0.15) is 6.61 Å². The first kappa shape index (κ1) is 43.3. The Morgan fingerprint density at radius 2 is 1.13 bits per heavy atom. The summed E-state index contributed by atoms with van der Waals surface area (Å²) in [6, 6.07) is 0. The Bertz CT molecular complexity index is 839. The number of carbonyl (C=O) groups is 2. The summed E-state index contributed by atoms with van der Waals surface area (Å²) in [6.45, 7) is 5.29. The molecule has 0 rings (SSSR count). The van der Waals surface area contributed by atoms with Crippen molar-refractivity contribution in [2.24, 2.45) is 0 Å². The molecular formula is C36H65O8P. The third kappa shape index (κ3) is 32.0. The Morgan fingerprint density at radius 3 is 1.71 bits per heavy atom. The van der Waals surface area contributed by atoms with Crippen molar-refractivity contribution in [2.45, 2.75) is 162 Å². The van der Waals surface area contributed by atoms with Gasteiger partial charge in [-0.2, -0.15) is 0 Å². The monoisotopic (exact) mass is 656 g/mol. The fourth-order valence-electron chi connectivity index (χ4n) is 4.64. The fourth-order valence-corrected chi connectivity index (χ4v) is 5.40. The van der Waals surface area contributed by atoms with Crippen LogP contribution in [0.5, 0.6) is 0 Å². The number of esters is 2. The number of ether oxygens (including phenoxy) is 2. The standard InChI is InChI=1S/C36H65O8P/c1-4-7-9-11-13-15-17-19-21-23-25-27-29-31-36(38)44-34(33-43-45(39,40)42-6-3)32-41-35(37)30-28-26-24-22-20-18-16-14-12-10-8-5-2/h7,9,13,15,19,21,34H,4-6,8,10-12,14,16-18,20,22-33H2,1-3H3,(H,39,40)/b9-7-,15-13-,21-19-. The van der Waals surface area contributed by atoms with Gasteiger partial charge in [-0.3, -0.25) is 18.6 Å². The van der Waals surface area contributed by atoms with Crippen LogP contribution in [0.4, 0.5) is 0 Å². The van der Waals surface area contributed by atoms with Gasteiger partial charge in [0.05, 0.1) is 13.2 Å². The number of unbranched alkanes of at least 4 members (excludes halogenated alkanes) is 14. The SMILES string of the molecule is CC/C=C\C/C=C\C/C=C\CCCCCC(=O)OC(COC(=O)CCCCCCCCCCCCCC)COP(=O)(O)OCC. The van der Waals surface area contributed by atoms with Crippen LogP contribution in [0.25, 0.3) is 0 Å². The molecule has 0 aromatic heterocycles. The minimum absolute atomic E-state index is 0.00516. The molecule has 0 saturated heterocycles. The second kappa shape index (κ2) is 32.2. The van der Waals surface area contributed by atoms with Crippen molar-refractivity contribution < 1.29 is 37.6 Å². The lowest BCUT2D eigenvalue weighted by Gasteiger charge is -2.19. The van der Waals surface area contributed by atoms with E-state index in [4.69, 9.17) is 18.5 Å². The van der Waals surface area contributed by atoms with Gasteiger partial charge in [-0.05, 0) is 51.9 Å². The normalized spacial score (nSPS) is 14.0. The highest BCUT2D eigenvalue weighted by molar-refractivity contribution is 7.47. The van der Waals surface area contributed by atoms with E-state index in [1.165, 1.54) is 57.8 Å². The lowest BCUT2D eigenvalue weighted by Crippen LogP contribution is -2.29. The molecule has 0 heterocycles. The van der Waals surface area contributed by atoms with Crippen LogP contribution in [0, 0.1) is 0 Å². The zero-order chi connectivity index (χ0) is 33.3. The average molecular weight is 657 g/mol. The van der Waals surface area contributed by atoms with E-state index in [0.717, 1.165) is 57.8 Å². The molecule has 262 valence electrons. The molecule has 1 N–H and O–H groups in total. The summed E-state index contributed by atoms with van der Waals surface area (Å²) in [7, 11) is -4.28. The number of phosphoric acid groups is 1. The van der Waals surface area contributed by atoms with Crippen LogP contribution in [0.3, 0.4) is 0 Å². The highest BCUT2D eigenvalue weighted by Gasteiger charge is 2.25. The van der Waals surface area contributed by atoms with Gasteiger partial charge in [-0.25, -0.2) is 4.57 Å². The van der Waals surface area contributed by atoms with Crippen LogP contribution in [0.1, 0.15) is 156 Å². The van der Waals surface area contributed by atoms with E-state index in [1.54, 1.807) is 6.92 Å². The Morgan fingerprint density at radius 1 is 0.622 bits per heavy atom. The zero-order valence-corrected chi connectivity index (χ0v) is 29.7. The van der Waals surface area contributed by atoms with Gasteiger partial charge in [-0.1, -0.05) is 127 Å². The van der Waals surface area contributed by atoms with E-state index < -0.39 is 26.5 Å². The Kier molecular flexibility index (Phi) is 31.0. The predicted octanol–water partition coefficient (Wildman–Crippen LogP) is 10.5. The molecule has 8 nitrogen and oxygen atoms in total. The number of phosphoric ester groups is 1. The first-order valence-electron chi connectivity index (χ1n) is 17.8. The van der Waals surface area contributed by atoms with Crippen LogP contribution in [-0.2, 0) is 32.7 Å². The molecule has 0 bridgehead atoms. The van der Waals surface area contributed by atoms with Crippen molar-refractivity contribution in [1.29, 1.82) is 0 Å². The summed E-state index contributed by atoms with van der Waals surface area (Å²) in [6.07, 6.45) is 33.4. The van der Waals surface area contributed by atoms with Gasteiger partial charge in [0.15, 0.2) is 6.10 Å². The molecular weight excluding hydrogens is 591 g/mol. The second-order valence-electron chi connectivity index (χ2n) is 11.5. The largest absolute Gasteiger partial charge is 0.472 e. The van der Waals surface area contributed by atoms with Gasteiger partial charge < -0.3 is 14.4 Å². The molecule has 0 aromatic carbocycles. The van der Waals surface area contributed by atoms with E-state index in [1.807, 2.05) is 0 Å². The average Bonchev–Trinajstić information content (AvgIpc) is 3.01. The van der Waals surface area contributed by atoms with Crippen molar-refractivity contribution in [3.63, 3.8) is 0 Å². The molecule has 0 fully saturated rings. The van der Waals surface area contributed by atoms with Gasteiger partial charge in [0, 0.05) is 12.8 Å². The number of carbonyl (C=O) groups excluding carboxylic acids is 2. The van der Waals surface area contributed by atoms with Crippen molar-refractivity contribution in [3.8, 4) is 0 Å². The number of hydrogen-bond donors (Lipinski definition) is 1. The zero-order valence-electron chi connectivity index (χ0n) is 28.8. The Balaban J connectivity index is 4.24. The predicted molar refractivity (Wildman–Crippen MR) is 184 cm³/mol. The molecule has 2 atom stereocenters. The maximum atomic E-state index is 12.4. The Labute approximate surface area is 275 Å². The Hall–Kier alpha value is -1.73. The smallest absolute Gasteiger partial charge is 0.462 e. The highest BCUT2D eigenvalue weighted by atomic mass is 31.2. The van der Waals surface area contributed by atoms with Crippen molar-refractivity contribution in [1.82, 2.24) is 0 Å². The number of rotatable bonds is 32. The van der Waals surface area contributed by atoms with E-state index in [2.05, 4.69) is 50.3 Å². The number of allylic oxidation sites excluding steroid dienone is 6. The molecule has 0 aliphatic carbocycles. The van der Waals surface area contributed by atoms with Crippen LogP contribution >= 0.6 is 7.82 Å². The van der Waals surface area contributed by atoms with E-state index >= 15 is 0 Å². The van der Waals surface area contributed by atoms with Gasteiger partial charge in [-0.15, -0.1) is 0 Å². The second-order valence-corrected chi connectivity index (χ2v) is 13.0. The molecule has 9 heteroatoms. The molecule has 45 heavy (non-hydrogen) atoms. The van der Waals surface area contributed by atoms with E-state index in [0.29, 0.717) is 6.42 Å². The van der Waals surface area contributed by atoms with Gasteiger partial charge >= 0.3 is 19.8 Å². The lowest BCUT2D eigenvalue weighted by atomic mass is 10.0. The summed E-state index contributed by atoms with van der Waals surface area (Å²) in [5.74, 6) is -0.834. The minimum atomic E-state index is -4.28. The molecule has 0 radical (unpaired) electrons. The third-order valence-corrected chi connectivity index (χ3v) is 8.27. The van der Waals surface area contributed by atoms with Crippen molar-refractivity contribution >= 4 is 19.8 Å². The number of hydrogen-bond acceptors (Lipinski definition) is 7. The van der Waals surface area contributed by atoms with Crippen molar-refractivity contribution in [2.75, 3.05) is 19.8 Å². The molecule has 0 saturated carbocycles. The first-order valence-corrected chi connectivity index (χ1v) is 19.3. The summed E-state index contributed by atoms with van der Waals surface area (Å²) in [5, 5.41) is 0. The summed E-state index contributed by atoms with van der Waals surface area (Å²) < 4.78 is 32.4. The lowest BCUT2D eigenvalue weighted by molar-refractivity contribution is -0.161. The van der Waals surface area contributed by atoms with Gasteiger partial charge in [0.2, 0.25) is 0 Å². The molecule has 0 spiro atoms. The van der Waals surface area contributed by atoms with Crippen LogP contribution in [-0.4, -0.2) is 42.8 Å². The molecule has 0 aliphatic rings. The highest BCUT2D eigenvalue weighted by Crippen LogP contribution is 2.43. The first-order chi connectivity index (χ1) is 21.8. The minimum Gasteiger partial charge on any atom is -0.462 e. The summed E-state index contributed by atoms with van der Waals surface area (Å²) >= 11 is 0. The molecule has 2 unspecified atom stereocenters. The summed E-state index contributed by atoms with van der Waals surface area (Å²) in [5.41, 5.74) is 0. The van der Waals surface area contributed by atoms with Crippen LogP contribution in [0.15, 0.2) is 36.5 Å². The molecule has 0 aromatic rings.